The first-order valence-electron chi connectivity index (χ1n) is 6.80. The molecule has 0 saturated carbocycles. The highest BCUT2D eigenvalue weighted by Crippen LogP contribution is 2.27. The Labute approximate surface area is 136 Å². The highest BCUT2D eigenvalue weighted by molar-refractivity contribution is 8.00. The Morgan fingerprint density at radius 2 is 1.81 bits per heavy atom. The van der Waals surface area contributed by atoms with E-state index in [1.165, 1.54) is 0 Å². The Hall–Kier alpha value is -0.630. The molecule has 0 aliphatic carbocycles. The van der Waals surface area contributed by atoms with Crippen LogP contribution in [0.25, 0.3) is 0 Å². The molecule has 2 N–H and O–H groups in total. The van der Waals surface area contributed by atoms with Crippen LogP contribution < -0.4 is 5.73 Å². The smallest absolute Gasteiger partial charge is 0.218 e. The summed E-state index contributed by atoms with van der Waals surface area (Å²) in [5.74, 6) is 0.0225. The molecule has 0 radical (unpaired) electrons. The molecule has 1 aromatic rings. The van der Waals surface area contributed by atoms with Gasteiger partial charge in [0.2, 0.25) is 10.0 Å². The average Bonchev–Trinajstić information content (AvgIpc) is 2.37. The molecular weight excluding hydrogens is 324 g/mol. The van der Waals surface area contributed by atoms with Gasteiger partial charge >= 0.3 is 0 Å². The molecule has 1 aliphatic rings. The van der Waals surface area contributed by atoms with Crippen LogP contribution >= 0.6 is 24.0 Å². The zero-order valence-electron chi connectivity index (χ0n) is 12.2. The van der Waals surface area contributed by atoms with Crippen LogP contribution in [0.4, 0.5) is 0 Å². The highest BCUT2D eigenvalue weighted by atomic mass is 32.2. The van der Waals surface area contributed by atoms with Crippen LogP contribution in [-0.2, 0) is 15.8 Å². The zero-order valence-corrected chi connectivity index (χ0v) is 14.6. The third kappa shape index (κ3) is 4.42. The zero-order chi connectivity index (χ0) is 15.6. The average molecular weight is 345 g/mol. The van der Waals surface area contributed by atoms with E-state index in [1.807, 2.05) is 11.8 Å². The first kappa shape index (κ1) is 16.7. The lowest BCUT2D eigenvalue weighted by molar-refractivity contribution is 0.404. The van der Waals surface area contributed by atoms with E-state index < -0.39 is 10.0 Å². The molecule has 1 saturated heterocycles. The highest BCUT2D eigenvalue weighted by Gasteiger charge is 2.30. The molecule has 1 aliphatic heterocycles. The van der Waals surface area contributed by atoms with Crippen molar-refractivity contribution in [3.05, 3.63) is 35.4 Å². The fourth-order valence-electron chi connectivity index (χ4n) is 2.42. The maximum Gasteiger partial charge on any atom is 0.218 e. The Kier molecular flexibility index (Phi) is 5.29. The fraction of sp³-hybridized carbons (Fsp3) is 0.500. The summed E-state index contributed by atoms with van der Waals surface area (Å²) in [4.78, 5) is 0.320. The van der Waals surface area contributed by atoms with Crippen molar-refractivity contribution in [2.45, 2.75) is 30.1 Å². The van der Waals surface area contributed by atoms with E-state index in [-0.39, 0.29) is 5.75 Å². The molecule has 0 aromatic heterocycles. The molecule has 1 fully saturated rings. The second-order valence-corrected chi connectivity index (χ2v) is 9.68. The molecule has 7 heteroatoms. The predicted octanol–water partition coefficient (Wildman–Crippen LogP) is 1.98. The SMILES string of the molecule is CC1CN(S(=O)(=O)Cc2ccc(C(N)=S)cc2)CC(C)S1. The molecule has 2 atom stereocenters. The summed E-state index contributed by atoms with van der Waals surface area (Å²) in [5.41, 5.74) is 7.05. The van der Waals surface area contributed by atoms with E-state index in [0.717, 1.165) is 11.1 Å². The van der Waals surface area contributed by atoms with Crippen molar-refractivity contribution in [3.8, 4) is 0 Å². The molecule has 0 amide bonds. The van der Waals surface area contributed by atoms with Crippen molar-refractivity contribution in [2.75, 3.05) is 13.1 Å². The maximum atomic E-state index is 12.5. The normalized spacial score (nSPS) is 23.9. The van der Waals surface area contributed by atoms with E-state index in [0.29, 0.717) is 28.6 Å². The first-order valence-corrected chi connectivity index (χ1v) is 9.76. The van der Waals surface area contributed by atoms with Gasteiger partial charge in [-0.1, -0.05) is 50.3 Å². The minimum absolute atomic E-state index is 0.0225. The summed E-state index contributed by atoms with van der Waals surface area (Å²) in [7, 11) is -3.28. The maximum absolute atomic E-state index is 12.5. The van der Waals surface area contributed by atoms with Gasteiger partial charge in [-0.05, 0) is 5.56 Å². The van der Waals surface area contributed by atoms with E-state index in [9.17, 15) is 8.42 Å². The van der Waals surface area contributed by atoms with Gasteiger partial charge in [-0.25, -0.2) is 8.42 Å². The van der Waals surface area contributed by atoms with Crippen LogP contribution in [0.1, 0.15) is 25.0 Å². The Balaban J connectivity index is 2.11. The van der Waals surface area contributed by atoms with Gasteiger partial charge in [0.1, 0.15) is 4.99 Å². The molecule has 1 heterocycles. The second-order valence-electron chi connectivity index (χ2n) is 5.39. The van der Waals surface area contributed by atoms with Gasteiger partial charge in [0, 0.05) is 29.2 Å². The molecule has 0 bridgehead atoms. The number of nitrogens with zero attached hydrogens (tertiary/aromatic N) is 1. The standard InChI is InChI=1S/C14H20N2O2S3/c1-10-7-16(8-11(2)20-10)21(17,18)9-12-3-5-13(6-4-12)14(15)19/h3-6,10-11H,7-9H2,1-2H3,(H2,15,19). The molecule has 2 rings (SSSR count). The number of hydrogen-bond donors (Lipinski definition) is 1. The summed E-state index contributed by atoms with van der Waals surface area (Å²) in [6, 6.07) is 7.09. The van der Waals surface area contributed by atoms with E-state index in [2.05, 4.69) is 13.8 Å². The monoisotopic (exact) mass is 344 g/mol. The topological polar surface area (TPSA) is 63.4 Å². The van der Waals surface area contributed by atoms with Gasteiger partial charge in [-0.3, -0.25) is 0 Å². The Bertz CT molecular complexity index is 604. The van der Waals surface area contributed by atoms with Crippen LogP contribution in [0.2, 0.25) is 0 Å². The van der Waals surface area contributed by atoms with Crippen molar-refractivity contribution in [1.29, 1.82) is 0 Å². The third-order valence-electron chi connectivity index (χ3n) is 3.37. The van der Waals surface area contributed by atoms with Gasteiger partial charge in [0.05, 0.1) is 5.75 Å². The third-order valence-corrected chi connectivity index (χ3v) is 6.61. The molecule has 1 aromatic carbocycles. The predicted molar refractivity (Wildman–Crippen MR) is 93.0 cm³/mol. The number of thiocarbonyl (C=S) groups is 1. The molecule has 4 nitrogen and oxygen atoms in total. The molecule has 116 valence electrons. The van der Waals surface area contributed by atoms with Crippen molar-refractivity contribution in [1.82, 2.24) is 4.31 Å². The molecular formula is C14H20N2O2S3. The van der Waals surface area contributed by atoms with Crippen LogP contribution in [0.15, 0.2) is 24.3 Å². The second kappa shape index (κ2) is 6.64. The van der Waals surface area contributed by atoms with E-state index in [1.54, 1.807) is 28.6 Å². The summed E-state index contributed by atoms with van der Waals surface area (Å²) in [5, 5.41) is 0.668. The van der Waals surface area contributed by atoms with Crippen molar-refractivity contribution >= 4 is 39.0 Å². The fourth-order valence-corrected chi connectivity index (χ4v) is 5.77. The Morgan fingerprint density at radius 3 is 2.29 bits per heavy atom. The molecule has 0 spiro atoms. The number of thioether (sulfide) groups is 1. The lowest BCUT2D eigenvalue weighted by atomic mass is 10.1. The number of hydrogen-bond acceptors (Lipinski definition) is 4. The van der Waals surface area contributed by atoms with Gasteiger partial charge in [0.25, 0.3) is 0 Å². The summed E-state index contributed by atoms with van der Waals surface area (Å²) in [6.07, 6.45) is 0. The van der Waals surface area contributed by atoms with Crippen molar-refractivity contribution in [2.24, 2.45) is 5.73 Å². The number of sulfonamides is 1. The minimum atomic E-state index is -3.28. The summed E-state index contributed by atoms with van der Waals surface area (Å²) >= 11 is 6.73. The van der Waals surface area contributed by atoms with Gasteiger partial charge < -0.3 is 5.73 Å². The van der Waals surface area contributed by atoms with Crippen LogP contribution in [-0.4, -0.2) is 41.3 Å². The number of nitrogens with two attached hydrogens (primary N) is 1. The lowest BCUT2D eigenvalue weighted by Gasteiger charge is -2.33. The van der Waals surface area contributed by atoms with E-state index in [4.69, 9.17) is 18.0 Å². The largest absolute Gasteiger partial charge is 0.389 e. The number of rotatable bonds is 4. The van der Waals surface area contributed by atoms with Crippen LogP contribution in [0, 0.1) is 0 Å². The van der Waals surface area contributed by atoms with E-state index >= 15 is 0 Å². The summed E-state index contributed by atoms with van der Waals surface area (Å²) in [6.45, 7) is 5.31. The minimum Gasteiger partial charge on any atom is -0.389 e. The van der Waals surface area contributed by atoms with Crippen LogP contribution in [0.3, 0.4) is 0 Å². The molecule has 2 unspecified atom stereocenters. The van der Waals surface area contributed by atoms with Crippen LogP contribution in [0.5, 0.6) is 0 Å². The quantitative estimate of drug-likeness (QED) is 0.846. The van der Waals surface area contributed by atoms with Gasteiger partial charge in [0.15, 0.2) is 0 Å². The lowest BCUT2D eigenvalue weighted by Crippen LogP contribution is -2.44. The Morgan fingerprint density at radius 1 is 1.29 bits per heavy atom. The van der Waals surface area contributed by atoms with Gasteiger partial charge in [-0.2, -0.15) is 16.1 Å². The first-order chi connectivity index (χ1) is 9.78. The van der Waals surface area contributed by atoms with Gasteiger partial charge in [-0.15, -0.1) is 0 Å². The summed E-state index contributed by atoms with van der Waals surface area (Å²) < 4.78 is 26.7. The molecule has 21 heavy (non-hydrogen) atoms. The van der Waals surface area contributed by atoms with Crippen molar-refractivity contribution in [3.63, 3.8) is 0 Å². The number of benzene rings is 1. The van der Waals surface area contributed by atoms with Crippen molar-refractivity contribution < 1.29 is 8.42 Å².